The van der Waals surface area contributed by atoms with Gasteiger partial charge in [-0.2, -0.15) is 0 Å². The molecule has 0 amide bonds. The normalized spacial score (nSPS) is 27.2. The second-order valence-electron chi connectivity index (χ2n) is 6.09. The van der Waals surface area contributed by atoms with Crippen LogP contribution in [0.4, 0.5) is 0 Å². The third kappa shape index (κ3) is 2.93. The SMILES string of the molecule is Cc1ccc(C(C)N2CC(C)CC(N)C2)c(C)c1. The Bertz CT molecular complexity index is 404. The number of aryl methyl sites for hydroxylation is 2. The number of likely N-dealkylation sites (tertiary alicyclic amines) is 1. The number of benzene rings is 1. The molecule has 18 heavy (non-hydrogen) atoms. The first kappa shape index (κ1) is 13.6. The van der Waals surface area contributed by atoms with Crippen molar-refractivity contribution in [1.82, 2.24) is 4.90 Å². The molecule has 0 spiro atoms. The van der Waals surface area contributed by atoms with Gasteiger partial charge in [0.05, 0.1) is 0 Å². The van der Waals surface area contributed by atoms with Crippen LogP contribution < -0.4 is 5.73 Å². The lowest BCUT2D eigenvalue weighted by Gasteiger charge is -2.39. The van der Waals surface area contributed by atoms with Crippen LogP contribution in [0.2, 0.25) is 0 Å². The van der Waals surface area contributed by atoms with E-state index in [4.69, 9.17) is 5.73 Å². The minimum Gasteiger partial charge on any atom is -0.327 e. The number of rotatable bonds is 2. The topological polar surface area (TPSA) is 29.3 Å². The van der Waals surface area contributed by atoms with E-state index < -0.39 is 0 Å². The standard InChI is InChI=1S/C16H26N2/c1-11-5-6-16(13(3)7-11)14(4)18-9-12(2)8-15(17)10-18/h5-7,12,14-15H,8-10,17H2,1-4H3. The van der Waals surface area contributed by atoms with Gasteiger partial charge in [-0.1, -0.05) is 30.7 Å². The molecular formula is C16H26N2. The van der Waals surface area contributed by atoms with Crippen molar-refractivity contribution in [3.63, 3.8) is 0 Å². The van der Waals surface area contributed by atoms with E-state index in [2.05, 4.69) is 50.8 Å². The van der Waals surface area contributed by atoms with Gasteiger partial charge >= 0.3 is 0 Å². The van der Waals surface area contributed by atoms with Crippen LogP contribution in [0.5, 0.6) is 0 Å². The smallest absolute Gasteiger partial charge is 0.0323 e. The molecule has 1 heterocycles. The highest BCUT2D eigenvalue weighted by Gasteiger charge is 2.26. The van der Waals surface area contributed by atoms with Gasteiger partial charge in [-0.3, -0.25) is 4.90 Å². The van der Waals surface area contributed by atoms with Gasteiger partial charge in [-0.25, -0.2) is 0 Å². The van der Waals surface area contributed by atoms with Gasteiger partial charge < -0.3 is 5.73 Å². The van der Waals surface area contributed by atoms with Crippen LogP contribution in [0.1, 0.15) is 43.0 Å². The lowest BCUT2D eigenvalue weighted by Crippen LogP contribution is -2.47. The molecule has 1 aliphatic heterocycles. The Labute approximate surface area is 111 Å². The predicted molar refractivity (Wildman–Crippen MR) is 77.7 cm³/mol. The van der Waals surface area contributed by atoms with Gasteiger partial charge in [0.25, 0.3) is 0 Å². The molecule has 1 aromatic carbocycles. The van der Waals surface area contributed by atoms with Crippen molar-refractivity contribution in [2.75, 3.05) is 13.1 Å². The summed E-state index contributed by atoms with van der Waals surface area (Å²) in [5.41, 5.74) is 10.3. The van der Waals surface area contributed by atoms with Crippen molar-refractivity contribution >= 4 is 0 Å². The molecule has 3 unspecified atom stereocenters. The second kappa shape index (κ2) is 5.41. The van der Waals surface area contributed by atoms with E-state index >= 15 is 0 Å². The summed E-state index contributed by atoms with van der Waals surface area (Å²) in [6.07, 6.45) is 1.16. The van der Waals surface area contributed by atoms with Crippen LogP contribution in [-0.4, -0.2) is 24.0 Å². The van der Waals surface area contributed by atoms with E-state index in [1.807, 2.05) is 0 Å². The Morgan fingerprint density at radius 2 is 2.00 bits per heavy atom. The van der Waals surface area contributed by atoms with E-state index in [0.29, 0.717) is 18.0 Å². The fourth-order valence-corrected chi connectivity index (χ4v) is 3.25. The quantitative estimate of drug-likeness (QED) is 0.869. The average Bonchev–Trinajstić information content (AvgIpc) is 2.26. The van der Waals surface area contributed by atoms with Crippen molar-refractivity contribution in [1.29, 1.82) is 0 Å². The molecule has 0 bridgehead atoms. The fourth-order valence-electron chi connectivity index (χ4n) is 3.25. The van der Waals surface area contributed by atoms with Gasteiger partial charge in [0.15, 0.2) is 0 Å². The summed E-state index contributed by atoms with van der Waals surface area (Å²) in [6, 6.07) is 7.58. The van der Waals surface area contributed by atoms with Crippen LogP contribution in [0.3, 0.4) is 0 Å². The van der Waals surface area contributed by atoms with Crippen LogP contribution >= 0.6 is 0 Å². The zero-order chi connectivity index (χ0) is 13.3. The van der Waals surface area contributed by atoms with Crippen molar-refractivity contribution in [3.05, 3.63) is 34.9 Å². The Balaban J connectivity index is 2.17. The van der Waals surface area contributed by atoms with Crippen LogP contribution in [0.15, 0.2) is 18.2 Å². The maximum atomic E-state index is 6.15. The Morgan fingerprint density at radius 1 is 1.28 bits per heavy atom. The minimum absolute atomic E-state index is 0.335. The number of nitrogens with zero attached hydrogens (tertiary/aromatic N) is 1. The zero-order valence-electron chi connectivity index (χ0n) is 12.1. The lowest BCUT2D eigenvalue weighted by molar-refractivity contribution is 0.123. The third-order valence-corrected chi connectivity index (χ3v) is 4.14. The molecule has 0 aliphatic carbocycles. The summed E-state index contributed by atoms with van der Waals surface area (Å²) in [5, 5.41) is 0. The third-order valence-electron chi connectivity index (χ3n) is 4.14. The molecule has 3 atom stereocenters. The van der Waals surface area contributed by atoms with E-state index in [1.165, 1.54) is 23.2 Å². The maximum absolute atomic E-state index is 6.15. The first-order chi connectivity index (χ1) is 8.47. The Morgan fingerprint density at radius 3 is 2.61 bits per heavy atom. The highest BCUT2D eigenvalue weighted by Crippen LogP contribution is 2.28. The Hall–Kier alpha value is -0.860. The Kier molecular flexibility index (Phi) is 4.08. The number of piperidine rings is 1. The van der Waals surface area contributed by atoms with E-state index in [9.17, 15) is 0 Å². The number of nitrogens with two attached hydrogens (primary N) is 1. The van der Waals surface area contributed by atoms with Crippen molar-refractivity contribution in [3.8, 4) is 0 Å². The summed E-state index contributed by atoms with van der Waals surface area (Å²) < 4.78 is 0. The van der Waals surface area contributed by atoms with Gasteiger partial charge in [0.2, 0.25) is 0 Å². The summed E-state index contributed by atoms with van der Waals surface area (Å²) in [4.78, 5) is 2.54. The van der Waals surface area contributed by atoms with Gasteiger partial charge in [-0.05, 0) is 44.2 Å². The van der Waals surface area contributed by atoms with Crippen LogP contribution in [-0.2, 0) is 0 Å². The molecule has 2 heteroatoms. The van der Waals surface area contributed by atoms with Gasteiger partial charge in [0, 0.05) is 25.2 Å². The molecule has 1 saturated heterocycles. The summed E-state index contributed by atoms with van der Waals surface area (Å²) >= 11 is 0. The van der Waals surface area contributed by atoms with E-state index in [0.717, 1.165) is 13.0 Å². The molecule has 2 rings (SSSR count). The highest BCUT2D eigenvalue weighted by atomic mass is 15.2. The molecule has 1 aromatic rings. The first-order valence-corrected chi connectivity index (χ1v) is 7.04. The minimum atomic E-state index is 0.335. The monoisotopic (exact) mass is 246 g/mol. The molecule has 0 radical (unpaired) electrons. The van der Waals surface area contributed by atoms with Crippen LogP contribution in [0.25, 0.3) is 0 Å². The van der Waals surface area contributed by atoms with Gasteiger partial charge in [-0.15, -0.1) is 0 Å². The van der Waals surface area contributed by atoms with Crippen molar-refractivity contribution in [2.45, 2.75) is 46.2 Å². The summed E-state index contributed by atoms with van der Waals surface area (Å²) in [7, 11) is 0. The first-order valence-electron chi connectivity index (χ1n) is 7.04. The summed E-state index contributed by atoms with van der Waals surface area (Å²) in [5.74, 6) is 0.710. The number of hydrogen-bond acceptors (Lipinski definition) is 2. The molecule has 100 valence electrons. The molecular weight excluding hydrogens is 220 g/mol. The second-order valence-corrected chi connectivity index (χ2v) is 6.09. The molecule has 0 saturated carbocycles. The maximum Gasteiger partial charge on any atom is 0.0323 e. The molecule has 0 aromatic heterocycles. The van der Waals surface area contributed by atoms with Crippen molar-refractivity contribution in [2.24, 2.45) is 11.7 Å². The van der Waals surface area contributed by atoms with E-state index in [1.54, 1.807) is 0 Å². The number of hydrogen-bond donors (Lipinski definition) is 1. The van der Waals surface area contributed by atoms with Gasteiger partial charge in [0.1, 0.15) is 0 Å². The lowest BCUT2D eigenvalue weighted by atomic mass is 9.92. The zero-order valence-corrected chi connectivity index (χ0v) is 12.1. The fraction of sp³-hybridized carbons (Fsp3) is 0.625. The molecule has 1 aliphatic rings. The molecule has 2 N–H and O–H groups in total. The van der Waals surface area contributed by atoms with E-state index in [-0.39, 0.29) is 0 Å². The van der Waals surface area contributed by atoms with Crippen LogP contribution in [0, 0.1) is 19.8 Å². The molecule has 2 nitrogen and oxygen atoms in total. The average molecular weight is 246 g/mol. The predicted octanol–water partition coefficient (Wildman–Crippen LogP) is 3.03. The van der Waals surface area contributed by atoms with Crippen molar-refractivity contribution < 1.29 is 0 Å². The highest BCUT2D eigenvalue weighted by molar-refractivity contribution is 5.32. The molecule has 1 fully saturated rings. The largest absolute Gasteiger partial charge is 0.327 e. The summed E-state index contributed by atoms with van der Waals surface area (Å²) in [6.45, 7) is 11.2.